The molecule has 4 rings (SSSR count). The summed E-state index contributed by atoms with van der Waals surface area (Å²) in [6.45, 7) is 0.914. The van der Waals surface area contributed by atoms with Gasteiger partial charge in [0.05, 0.1) is 11.8 Å². The van der Waals surface area contributed by atoms with Gasteiger partial charge in [0, 0.05) is 11.9 Å². The summed E-state index contributed by atoms with van der Waals surface area (Å²) in [5, 5.41) is 8.36. The molecule has 0 atom stereocenters. The summed E-state index contributed by atoms with van der Waals surface area (Å²) >= 11 is 0. The van der Waals surface area contributed by atoms with E-state index in [0.29, 0.717) is 5.82 Å². The third-order valence-corrected chi connectivity index (χ3v) is 3.76. The van der Waals surface area contributed by atoms with Crippen molar-refractivity contribution in [2.75, 3.05) is 5.32 Å². The van der Waals surface area contributed by atoms with Crippen LogP contribution in [0.15, 0.2) is 47.1 Å². The van der Waals surface area contributed by atoms with Crippen molar-refractivity contribution in [3.63, 3.8) is 0 Å². The van der Waals surface area contributed by atoms with Crippen LogP contribution in [0.4, 0.5) is 5.82 Å². The number of nitrogens with zero attached hydrogens (tertiary/aromatic N) is 2. The molecule has 0 saturated heterocycles. The van der Waals surface area contributed by atoms with E-state index < -0.39 is 0 Å². The van der Waals surface area contributed by atoms with E-state index in [2.05, 4.69) is 10.4 Å². The van der Waals surface area contributed by atoms with Gasteiger partial charge in [-0.2, -0.15) is 5.10 Å². The van der Waals surface area contributed by atoms with Crippen LogP contribution < -0.4 is 5.32 Å². The van der Waals surface area contributed by atoms with Crippen LogP contribution in [-0.4, -0.2) is 15.7 Å². The lowest BCUT2D eigenvalue weighted by Crippen LogP contribution is -2.12. The Balaban J connectivity index is 1.69. The highest BCUT2D eigenvalue weighted by Gasteiger charge is 2.24. The van der Waals surface area contributed by atoms with Crippen LogP contribution in [0.25, 0.3) is 10.9 Å². The number of carbonyl (C=O) groups is 1. The first-order valence-corrected chi connectivity index (χ1v) is 7.11. The number of carbonyl (C=O) groups excluding carboxylic acids is 1. The van der Waals surface area contributed by atoms with Crippen LogP contribution in [0, 0.1) is 5.92 Å². The predicted molar refractivity (Wildman–Crippen MR) is 79.1 cm³/mol. The summed E-state index contributed by atoms with van der Waals surface area (Å²) in [7, 11) is 0. The number of hydrogen-bond donors (Lipinski definition) is 1. The molecular formula is C16H15N3O2. The summed E-state index contributed by atoms with van der Waals surface area (Å²) in [5.74, 6) is 1.33. The molecule has 0 aliphatic heterocycles. The van der Waals surface area contributed by atoms with Crippen molar-refractivity contribution >= 4 is 22.6 Å². The molecule has 0 radical (unpaired) electrons. The Bertz CT molecular complexity index is 785. The Labute approximate surface area is 121 Å². The second kappa shape index (κ2) is 4.77. The van der Waals surface area contributed by atoms with Crippen molar-refractivity contribution < 1.29 is 9.21 Å². The standard InChI is InChI=1S/C16H15N3O2/c20-16(14-6-3-9-21-14)17-15-12-4-1-2-5-13(12)19(18-15)10-11-7-8-11/h1-6,9,11H,7-8,10H2,(H,17,18,20). The zero-order valence-corrected chi connectivity index (χ0v) is 11.5. The maximum atomic E-state index is 12.1. The van der Waals surface area contributed by atoms with Crippen molar-refractivity contribution in [1.82, 2.24) is 9.78 Å². The molecule has 0 bridgehead atoms. The van der Waals surface area contributed by atoms with Gasteiger partial charge >= 0.3 is 0 Å². The molecule has 1 fully saturated rings. The number of para-hydroxylation sites is 1. The van der Waals surface area contributed by atoms with Crippen LogP contribution in [-0.2, 0) is 6.54 Å². The number of furan rings is 1. The van der Waals surface area contributed by atoms with Gasteiger partial charge in [-0.3, -0.25) is 9.48 Å². The third-order valence-electron chi connectivity index (χ3n) is 3.76. The van der Waals surface area contributed by atoms with Crippen LogP contribution in [0.5, 0.6) is 0 Å². The Hall–Kier alpha value is -2.56. The second-order valence-electron chi connectivity index (χ2n) is 5.42. The lowest BCUT2D eigenvalue weighted by Gasteiger charge is -2.00. The number of nitrogens with one attached hydrogen (secondary N) is 1. The highest BCUT2D eigenvalue weighted by molar-refractivity contribution is 6.06. The molecule has 0 unspecified atom stereocenters. The highest BCUT2D eigenvalue weighted by atomic mass is 16.3. The summed E-state index contributed by atoms with van der Waals surface area (Å²) < 4.78 is 7.11. The predicted octanol–water partition coefficient (Wildman–Crippen LogP) is 3.29. The molecule has 5 heteroatoms. The second-order valence-corrected chi connectivity index (χ2v) is 5.42. The fraction of sp³-hybridized carbons (Fsp3) is 0.250. The number of anilines is 1. The van der Waals surface area contributed by atoms with Crippen molar-refractivity contribution in [3.05, 3.63) is 48.4 Å². The normalized spacial score (nSPS) is 14.5. The quantitative estimate of drug-likeness (QED) is 0.798. The first-order chi connectivity index (χ1) is 10.3. The zero-order valence-electron chi connectivity index (χ0n) is 11.5. The van der Waals surface area contributed by atoms with Crippen LogP contribution >= 0.6 is 0 Å². The van der Waals surface area contributed by atoms with Gasteiger partial charge in [-0.15, -0.1) is 0 Å². The topological polar surface area (TPSA) is 60.1 Å². The molecule has 1 amide bonds. The Morgan fingerprint density at radius 2 is 2.14 bits per heavy atom. The molecule has 1 aliphatic rings. The maximum absolute atomic E-state index is 12.1. The number of benzene rings is 1. The van der Waals surface area contributed by atoms with Crippen LogP contribution in [0.3, 0.4) is 0 Å². The van der Waals surface area contributed by atoms with E-state index in [9.17, 15) is 4.79 Å². The van der Waals surface area contributed by atoms with Gasteiger partial charge in [0.1, 0.15) is 0 Å². The average molecular weight is 281 g/mol. The van der Waals surface area contributed by atoms with Crippen LogP contribution in [0.1, 0.15) is 23.4 Å². The third kappa shape index (κ3) is 2.31. The van der Waals surface area contributed by atoms with E-state index in [1.807, 2.05) is 28.9 Å². The van der Waals surface area contributed by atoms with Crippen molar-refractivity contribution in [2.24, 2.45) is 5.92 Å². The monoisotopic (exact) mass is 281 g/mol. The zero-order chi connectivity index (χ0) is 14.2. The fourth-order valence-electron chi connectivity index (χ4n) is 2.48. The molecule has 1 aliphatic carbocycles. The van der Waals surface area contributed by atoms with E-state index in [-0.39, 0.29) is 11.7 Å². The molecule has 3 aromatic rings. The minimum atomic E-state index is -0.276. The number of fused-ring (bicyclic) bond motifs is 1. The highest BCUT2D eigenvalue weighted by Crippen LogP contribution is 2.32. The molecule has 1 N–H and O–H groups in total. The van der Waals surface area contributed by atoms with Crippen molar-refractivity contribution in [3.8, 4) is 0 Å². The summed E-state index contributed by atoms with van der Waals surface area (Å²) in [6, 6.07) is 11.3. The van der Waals surface area contributed by atoms with Gasteiger partial charge in [-0.05, 0) is 43.0 Å². The smallest absolute Gasteiger partial charge is 0.292 e. The molecule has 1 aromatic carbocycles. The number of rotatable bonds is 4. The van der Waals surface area contributed by atoms with E-state index in [1.54, 1.807) is 12.1 Å². The summed E-state index contributed by atoms with van der Waals surface area (Å²) in [6.07, 6.45) is 4.02. The summed E-state index contributed by atoms with van der Waals surface area (Å²) in [4.78, 5) is 12.1. The lowest BCUT2D eigenvalue weighted by atomic mass is 10.2. The number of amides is 1. The van der Waals surface area contributed by atoms with E-state index in [1.165, 1.54) is 19.1 Å². The van der Waals surface area contributed by atoms with E-state index in [4.69, 9.17) is 4.42 Å². The minimum absolute atomic E-state index is 0.276. The van der Waals surface area contributed by atoms with Gasteiger partial charge in [0.25, 0.3) is 5.91 Å². The largest absolute Gasteiger partial charge is 0.459 e. The molecule has 2 heterocycles. The lowest BCUT2D eigenvalue weighted by molar-refractivity contribution is 0.0996. The first-order valence-electron chi connectivity index (χ1n) is 7.11. The minimum Gasteiger partial charge on any atom is -0.459 e. The number of hydrogen-bond acceptors (Lipinski definition) is 3. The summed E-state index contributed by atoms with van der Waals surface area (Å²) in [5.41, 5.74) is 1.05. The molecule has 2 aromatic heterocycles. The van der Waals surface area contributed by atoms with Gasteiger partial charge < -0.3 is 9.73 Å². The molecule has 106 valence electrons. The van der Waals surface area contributed by atoms with E-state index in [0.717, 1.165) is 23.4 Å². The van der Waals surface area contributed by atoms with Gasteiger partial charge in [0.15, 0.2) is 11.6 Å². The molecular weight excluding hydrogens is 266 g/mol. The van der Waals surface area contributed by atoms with Crippen molar-refractivity contribution in [2.45, 2.75) is 19.4 Å². The SMILES string of the molecule is O=C(Nc1nn(CC2CC2)c2ccccc12)c1ccco1. The Morgan fingerprint density at radius 3 is 2.90 bits per heavy atom. The molecule has 0 spiro atoms. The molecule has 1 saturated carbocycles. The Morgan fingerprint density at radius 1 is 1.29 bits per heavy atom. The van der Waals surface area contributed by atoms with Crippen LogP contribution in [0.2, 0.25) is 0 Å². The van der Waals surface area contributed by atoms with Gasteiger partial charge in [-0.25, -0.2) is 0 Å². The van der Waals surface area contributed by atoms with Gasteiger partial charge in [-0.1, -0.05) is 12.1 Å². The number of aromatic nitrogens is 2. The average Bonchev–Trinajstić information content (AvgIpc) is 3.02. The van der Waals surface area contributed by atoms with E-state index >= 15 is 0 Å². The first kappa shape index (κ1) is 12.2. The van der Waals surface area contributed by atoms with Gasteiger partial charge in [0.2, 0.25) is 0 Å². The Kier molecular flexibility index (Phi) is 2.77. The molecule has 21 heavy (non-hydrogen) atoms. The maximum Gasteiger partial charge on any atom is 0.292 e. The fourth-order valence-corrected chi connectivity index (χ4v) is 2.48. The molecule has 5 nitrogen and oxygen atoms in total. The van der Waals surface area contributed by atoms with Crippen molar-refractivity contribution in [1.29, 1.82) is 0 Å².